The summed E-state index contributed by atoms with van der Waals surface area (Å²) in [5.74, 6) is -1.19. The lowest BCUT2D eigenvalue weighted by atomic mass is 10.1. The number of carbonyl (C=O) groups excluding carboxylic acids is 2. The third-order valence-corrected chi connectivity index (χ3v) is 1.73. The Morgan fingerprint density at radius 2 is 1.85 bits per heavy atom. The van der Waals surface area contributed by atoms with Gasteiger partial charge in [0.05, 0.1) is 7.11 Å². The van der Waals surface area contributed by atoms with Gasteiger partial charge in [0.25, 0.3) is 5.91 Å². The number of amides is 1. The minimum Gasteiger partial charge on any atom is -0.467 e. The Hall–Kier alpha value is -0.480. The molecule has 0 aromatic heterocycles. The van der Waals surface area contributed by atoms with Crippen molar-refractivity contribution in [3.8, 4) is 0 Å². The summed E-state index contributed by atoms with van der Waals surface area (Å²) in [7, 11) is 1.23. The lowest BCUT2D eigenvalue weighted by Crippen LogP contribution is -2.51. The Labute approximate surface area is 86.5 Å². The van der Waals surface area contributed by atoms with Crippen molar-refractivity contribution < 1.29 is 14.3 Å². The Morgan fingerprint density at radius 3 is 2.15 bits per heavy atom. The molecule has 0 aromatic rings. The highest BCUT2D eigenvalue weighted by atomic mass is 35.5. The van der Waals surface area contributed by atoms with E-state index in [0.29, 0.717) is 0 Å². The van der Waals surface area contributed by atoms with Crippen LogP contribution in [-0.4, -0.2) is 29.4 Å². The molecule has 0 saturated heterocycles. The van der Waals surface area contributed by atoms with Crippen LogP contribution in [0.15, 0.2) is 0 Å². The van der Waals surface area contributed by atoms with E-state index < -0.39 is 22.3 Å². The number of rotatable bonds is 3. The summed E-state index contributed by atoms with van der Waals surface area (Å²) < 4.78 is 4.46. The molecule has 0 aliphatic heterocycles. The smallest absolute Gasteiger partial charge is 0.330 e. The molecule has 0 atom stereocenters. The maximum absolute atomic E-state index is 11.1. The zero-order valence-electron chi connectivity index (χ0n) is 7.56. The average Bonchev–Trinajstić information content (AvgIpc) is 2.01. The summed E-state index contributed by atoms with van der Waals surface area (Å²) >= 11 is 10.6. The van der Waals surface area contributed by atoms with E-state index in [1.54, 1.807) is 0 Å². The van der Waals surface area contributed by atoms with Crippen molar-refractivity contribution in [3.05, 3.63) is 0 Å². The van der Waals surface area contributed by atoms with Crippen LogP contribution in [0.25, 0.3) is 0 Å². The van der Waals surface area contributed by atoms with E-state index in [1.165, 1.54) is 21.0 Å². The first-order valence-corrected chi connectivity index (χ1v) is 4.37. The van der Waals surface area contributed by atoms with Crippen LogP contribution in [0.4, 0.5) is 0 Å². The Bertz CT molecular complexity index is 216. The number of halogens is 2. The Balaban J connectivity index is 4.33. The monoisotopic (exact) mass is 227 g/mol. The summed E-state index contributed by atoms with van der Waals surface area (Å²) in [6.45, 7) is 2.99. The molecule has 0 unspecified atom stereocenters. The second kappa shape index (κ2) is 4.67. The van der Waals surface area contributed by atoms with Gasteiger partial charge in [0.2, 0.25) is 0 Å². The van der Waals surface area contributed by atoms with Crippen molar-refractivity contribution in [2.24, 2.45) is 0 Å². The molecule has 0 aliphatic carbocycles. The minimum atomic E-state index is -1.19. The third kappa shape index (κ3) is 3.83. The van der Waals surface area contributed by atoms with Gasteiger partial charge in [-0.05, 0) is 13.8 Å². The van der Waals surface area contributed by atoms with Crippen molar-refractivity contribution in [2.45, 2.75) is 24.2 Å². The van der Waals surface area contributed by atoms with E-state index in [9.17, 15) is 9.59 Å². The summed E-state index contributed by atoms with van der Waals surface area (Å²) in [6, 6.07) is 0. The fourth-order valence-electron chi connectivity index (χ4n) is 0.669. The van der Waals surface area contributed by atoms with Gasteiger partial charge in [-0.1, -0.05) is 23.2 Å². The molecular weight excluding hydrogens is 217 g/mol. The molecule has 4 nitrogen and oxygen atoms in total. The first-order chi connectivity index (χ1) is 5.81. The second-order valence-corrected chi connectivity index (χ2v) is 4.00. The van der Waals surface area contributed by atoms with Gasteiger partial charge >= 0.3 is 5.97 Å². The van der Waals surface area contributed by atoms with Crippen LogP contribution in [0, 0.1) is 0 Å². The van der Waals surface area contributed by atoms with E-state index in [4.69, 9.17) is 23.2 Å². The van der Waals surface area contributed by atoms with Gasteiger partial charge in [-0.25, -0.2) is 4.79 Å². The van der Waals surface area contributed by atoms with E-state index >= 15 is 0 Å². The third-order valence-electron chi connectivity index (χ3n) is 1.33. The number of alkyl halides is 2. The summed E-state index contributed by atoms with van der Waals surface area (Å²) in [5, 5.41) is 2.33. The highest BCUT2D eigenvalue weighted by Gasteiger charge is 2.31. The maximum Gasteiger partial charge on any atom is 0.330 e. The van der Waals surface area contributed by atoms with Gasteiger partial charge in [0, 0.05) is 0 Å². The number of methoxy groups -OCH3 is 1. The largest absolute Gasteiger partial charge is 0.467 e. The van der Waals surface area contributed by atoms with Crippen LogP contribution in [0.2, 0.25) is 0 Å². The normalized spacial score (nSPS) is 11.2. The standard InChI is InChI=1S/C7H11Cl2NO3/c1-7(2,6(12)13-3)10-5(11)4(8)9/h4H,1-3H3,(H,10,11). The first kappa shape index (κ1) is 12.5. The average molecular weight is 228 g/mol. The molecule has 13 heavy (non-hydrogen) atoms. The molecule has 0 heterocycles. The van der Waals surface area contributed by atoms with Crippen LogP contribution >= 0.6 is 23.2 Å². The van der Waals surface area contributed by atoms with Crippen molar-refractivity contribution >= 4 is 35.1 Å². The highest BCUT2D eigenvalue weighted by molar-refractivity contribution is 6.53. The lowest BCUT2D eigenvalue weighted by molar-refractivity contribution is -0.149. The SMILES string of the molecule is COC(=O)C(C)(C)NC(=O)C(Cl)Cl. The number of carbonyl (C=O) groups is 2. The number of nitrogens with one attached hydrogen (secondary N) is 1. The van der Waals surface area contributed by atoms with Crippen molar-refractivity contribution in [1.29, 1.82) is 0 Å². The number of esters is 1. The Morgan fingerprint density at radius 1 is 1.38 bits per heavy atom. The van der Waals surface area contributed by atoms with Crippen LogP contribution in [-0.2, 0) is 14.3 Å². The van der Waals surface area contributed by atoms with E-state index in [0.717, 1.165) is 0 Å². The predicted octanol–water partition coefficient (Wildman–Crippen LogP) is 0.858. The second-order valence-electron chi connectivity index (χ2n) is 2.91. The number of hydrogen-bond donors (Lipinski definition) is 1. The minimum absolute atomic E-state index is 0.560. The predicted molar refractivity (Wildman–Crippen MR) is 49.7 cm³/mol. The number of hydrogen-bond acceptors (Lipinski definition) is 3. The fourth-order valence-corrected chi connectivity index (χ4v) is 0.778. The van der Waals surface area contributed by atoms with Gasteiger partial charge in [-0.3, -0.25) is 4.79 Å². The molecule has 0 spiro atoms. The van der Waals surface area contributed by atoms with Gasteiger partial charge in [0.1, 0.15) is 5.54 Å². The highest BCUT2D eigenvalue weighted by Crippen LogP contribution is 2.08. The zero-order chi connectivity index (χ0) is 10.6. The summed E-state index contributed by atoms with van der Waals surface area (Å²) in [5.41, 5.74) is -1.12. The van der Waals surface area contributed by atoms with E-state index in [2.05, 4.69) is 10.1 Å². The van der Waals surface area contributed by atoms with Crippen molar-refractivity contribution in [1.82, 2.24) is 5.32 Å². The molecule has 1 amide bonds. The van der Waals surface area contributed by atoms with Crippen LogP contribution in [0.5, 0.6) is 0 Å². The van der Waals surface area contributed by atoms with Crippen LogP contribution in [0.1, 0.15) is 13.8 Å². The zero-order valence-corrected chi connectivity index (χ0v) is 9.07. The van der Waals surface area contributed by atoms with Gasteiger partial charge in [-0.2, -0.15) is 0 Å². The van der Waals surface area contributed by atoms with Crippen LogP contribution < -0.4 is 5.32 Å². The first-order valence-electron chi connectivity index (χ1n) is 3.50. The molecule has 76 valence electrons. The van der Waals surface area contributed by atoms with E-state index in [-0.39, 0.29) is 0 Å². The van der Waals surface area contributed by atoms with Gasteiger partial charge in [0.15, 0.2) is 4.84 Å². The number of ether oxygens (including phenoxy) is 1. The molecule has 0 saturated carbocycles. The molecular formula is C7H11Cl2NO3. The van der Waals surface area contributed by atoms with Crippen LogP contribution in [0.3, 0.4) is 0 Å². The fraction of sp³-hybridized carbons (Fsp3) is 0.714. The molecule has 0 fully saturated rings. The molecule has 0 aliphatic rings. The quantitative estimate of drug-likeness (QED) is 0.575. The van der Waals surface area contributed by atoms with Crippen molar-refractivity contribution in [2.75, 3.05) is 7.11 Å². The maximum atomic E-state index is 11.1. The summed E-state index contributed by atoms with van der Waals surface area (Å²) in [4.78, 5) is 20.9. The van der Waals surface area contributed by atoms with E-state index in [1.807, 2.05) is 0 Å². The van der Waals surface area contributed by atoms with Gasteiger partial charge < -0.3 is 10.1 Å². The van der Waals surface area contributed by atoms with Crippen molar-refractivity contribution in [3.63, 3.8) is 0 Å². The molecule has 0 rings (SSSR count). The summed E-state index contributed by atoms with van der Waals surface area (Å²) in [6.07, 6.45) is 0. The van der Waals surface area contributed by atoms with Gasteiger partial charge in [-0.15, -0.1) is 0 Å². The molecule has 6 heteroatoms. The lowest BCUT2D eigenvalue weighted by Gasteiger charge is -2.23. The molecule has 0 radical (unpaired) electrons. The molecule has 0 aromatic carbocycles. The molecule has 1 N–H and O–H groups in total. The molecule has 0 bridgehead atoms. The topological polar surface area (TPSA) is 55.4 Å². The Kier molecular flexibility index (Phi) is 4.50.